The normalized spacial score (nSPS) is 18.4. The zero-order chi connectivity index (χ0) is 10.2. The summed E-state index contributed by atoms with van der Waals surface area (Å²) in [4.78, 5) is 0. The SMILES string of the molecule is CCCCCCCCCC(C)C1CC1. The minimum Gasteiger partial charge on any atom is -0.0654 e. The van der Waals surface area contributed by atoms with E-state index < -0.39 is 0 Å². The summed E-state index contributed by atoms with van der Waals surface area (Å²) in [6, 6.07) is 0. The summed E-state index contributed by atoms with van der Waals surface area (Å²) < 4.78 is 0. The van der Waals surface area contributed by atoms with Crippen molar-refractivity contribution in [2.45, 2.75) is 78.1 Å². The molecule has 1 aliphatic carbocycles. The third kappa shape index (κ3) is 5.67. The van der Waals surface area contributed by atoms with Gasteiger partial charge in [-0.25, -0.2) is 0 Å². The van der Waals surface area contributed by atoms with Crippen molar-refractivity contribution in [3.8, 4) is 0 Å². The Bertz CT molecular complexity index is 124. The van der Waals surface area contributed by atoms with Gasteiger partial charge in [0.25, 0.3) is 0 Å². The summed E-state index contributed by atoms with van der Waals surface area (Å²) in [5.41, 5.74) is 0. The first-order chi connectivity index (χ1) is 6.84. The fourth-order valence-corrected chi connectivity index (χ4v) is 2.32. The molecule has 0 bridgehead atoms. The Hall–Kier alpha value is 0. The fraction of sp³-hybridized carbons (Fsp3) is 1.00. The predicted octanol–water partition coefficient (Wildman–Crippen LogP) is 5.17. The molecule has 14 heavy (non-hydrogen) atoms. The van der Waals surface area contributed by atoms with Gasteiger partial charge in [-0.2, -0.15) is 0 Å². The van der Waals surface area contributed by atoms with Crippen molar-refractivity contribution in [1.82, 2.24) is 0 Å². The molecule has 0 radical (unpaired) electrons. The summed E-state index contributed by atoms with van der Waals surface area (Å²) in [5, 5.41) is 0. The summed E-state index contributed by atoms with van der Waals surface area (Å²) in [6.45, 7) is 4.74. The first-order valence-electron chi connectivity index (χ1n) is 6.84. The van der Waals surface area contributed by atoms with Gasteiger partial charge in [0.2, 0.25) is 0 Å². The first kappa shape index (κ1) is 12.1. The molecule has 1 fully saturated rings. The van der Waals surface area contributed by atoms with Gasteiger partial charge in [-0.1, -0.05) is 65.2 Å². The minimum atomic E-state index is 1.03. The molecule has 1 atom stereocenters. The van der Waals surface area contributed by atoms with Crippen molar-refractivity contribution in [1.29, 1.82) is 0 Å². The van der Waals surface area contributed by atoms with E-state index in [0.29, 0.717) is 0 Å². The Kier molecular flexibility index (Phi) is 6.31. The zero-order valence-corrected chi connectivity index (χ0v) is 10.2. The van der Waals surface area contributed by atoms with Gasteiger partial charge in [0.15, 0.2) is 0 Å². The van der Waals surface area contributed by atoms with Crippen molar-refractivity contribution >= 4 is 0 Å². The van der Waals surface area contributed by atoms with Crippen LogP contribution in [-0.2, 0) is 0 Å². The number of hydrogen-bond acceptors (Lipinski definition) is 0. The van der Waals surface area contributed by atoms with Crippen molar-refractivity contribution < 1.29 is 0 Å². The number of hydrogen-bond donors (Lipinski definition) is 0. The highest BCUT2D eigenvalue weighted by molar-refractivity contribution is 4.78. The maximum atomic E-state index is 2.45. The van der Waals surface area contributed by atoms with Crippen molar-refractivity contribution in [3.05, 3.63) is 0 Å². The van der Waals surface area contributed by atoms with Crippen molar-refractivity contribution in [3.63, 3.8) is 0 Å². The zero-order valence-electron chi connectivity index (χ0n) is 10.2. The lowest BCUT2D eigenvalue weighted by Crippen LogP contribution is -1.96. The third-order valence-corrected chi connectivity index (χ3v) is 3.69. The lowest BCUT2D eigenvalue weighted by Gasteiger charge is -2.08. The topological polar surface area (TPSA) is 0 Å². The van der Waals surface area contributed by atoms with E-state index in [0.717, 1.165) is 11.8 Å². The van der Waals surface area contributed by atoms with E-state index in [1.807, 2.05) is 0 Å². The van der Waals surface area contributed by atoms with Gasteiger partial charge < -0.3 is 0 Å². The van der Waals surface area contributed by atoms with E-state index in [4.69, 9.17) is 0 Å². The molecule has 1 unspecified atom stereocenters. The van der Waals surface area contributed by atoms with Crippen LogP contribution in [0.1, 0.15) is 78.1 Å². The maximum absolute atomic E-state index is 2.45. The number of rotatable bonds is 9. The predicted molar refractivity (Wildman–Crippen MR) is 64.5 cm³/mol. The van der Waals surface area contributed by atoms with Gasteiger partial charge in [0.1, 0.15) is 0 Å². The highest BCUT2D eigenvalue weighted by atomic mass is 14.3. The lowest BCUT2D eigenvalue weighted by atomic mass is 9.98. The molecule has 0 N–H and O–H groups in total. The van der Waals surface area contributed by atoms with Crippen LogP contribution in [0.2, 0.25) is 0 Å². The minimum absolute atomic E-state index is 1.03. The third-order valence-electron chi connectivity index (χ3n) is 3.69. The smallest absolute Gasteiger partial charge is 0.0388 e. The van der Waals surface area contributed by atoms with E-state index in [2.05, 4.69) is 13.8 Å². The van der Waals surface area contributed by atoms with E-state index in [9.17, 15) is 0 Å². The Morgan fingerprint density at radius 2 is 1.50 bits per heavy atom. The molecular formula is C14H28. The summed E-state index contributed by atoms with van der Waals surface area (Å²) >= 11 is 0. The largest absolute Gasteiger partial charge is 0.0654 e. The first-order valence-corrected chi connectivity index (χ1v) is 6.84. The maximum Gasteiger partial charge on any atom is -0.0388 e. The Labute approximate surface area is 90.5 Å². The average molecular weight is 196 g/mol. The second kappa shape index (κ2) is 7.31. The van der Waals surface area contributed by atoms with Crippen LogP contribution in [0.25, 0.3) is 0 Å². The van der Waals surface area contributed by atoms with E-state index in [1.165, 1.54) is 64.2 Å². The van der Waals surface area contributed by atoms with Crippen LogP contribution >= 0.6 is 0 Å². The van der Waals surface area contributed by atoms with Gasteiger partial charge in [0, 0.05) is 0 Å². The standard InChI is InChI=1S/C14H28/c1-3-4-5-6-7-8-9-10-13(2)14-11-12-14/h13-14H,3-12H2,1-2H3. The molecule has 1 aliphatic rings. The van der Waals surface area contributed by atoms with Crippen molar-refractivity contribution in [2.24, 2.45) is 11.8 Å². The summed E-state index contributed by atoms with van der Waals surface area (Å²) in [6.07, 6.45) is 14.8. The molecule has 0 heteroatoms. The van der Waals surface area contributed by atoms with E-state index in [-0.39, 0.29) is 0 Å². The van der Waals surface area contributed by atoms with E-state index >= 15 is 0 Å². The molecule has 0 spiro atoms. The van der Waals surface area contributed by atoms with Crippen LogP contribution in [0.4, 0.5) is 0 Å². The quantitative estimate of drug-likeness (QED) is 0.446. The Balaban J connectivity index is 1.75. The monoisotopic (exact) mass is 196 g/mol. The van der Waals surface area contributed by atoms with Crippen molar-refractivity contribution in [2.75, 3.05) is 0 Å². The van der Waals surface area contributed by atoms with Crippen LogP contribution in [0.15, 0.2) is 0 Å². The van der Waals surface area contributed by atoms with Gasteiger partial charge in [0.05, 0.1) is 0 Å². The van der Waals surface area contributed by atoms with Gasteiger partial charge >= 0.3 is 0 Å². The van der Waals surface area contributed by atoms with E-state index in [1.54, 1.807) is 0 Å². The molecule has 0 aromatic carbocycles. The van der Waals surface area contributed by atoms with Crippen LogP contribution in [0.5, 0.6) is 0 Å². The van der Waals surface area contributed by atoms with Gasteiger partial charge in [-0.15, -0.1) is 0 Å². The summed E-state index contributed by atoms with van der Waals surface area (Å²) in [5.74, 6) is 2.15. The highest BCUT2D eigenvalue weighted by Crippen LogP contribution is 2.38. The van der Waals surface area contributed by atoms with Gasteiger partial charge in [-0.3, -0.25) is 0 Å². The number of unbranched alkanes of at least 4 members (excludes halogenated alkanes) is 6. The molecule has 0 aliphatic heterocycles. The average Bonchev–Trinajstić information content (AvgIpc) is 2.99. The van der Waals surface area contributed by atoms with Crippen LogP contribution < -0.4 is 0 Å². The van der Waals surface area contributed by atoms with Gasteiger partial charge in [-0.05, 0) is 24.7 Å². The summed E-state index contributed by atoms with van der Waals surface area (Å²) in [7, 11) is 0. The second-order valence-corrected chi connectivity index (χ2v) is 5.22. The molecule has 0 aromatic heterocycles. The molecule has 1 rings (SSSR count). The van der Waals surface area contributed by atoms with Crippen LogP contribution in [0, 0.1) is 11.8 Å². The molecule has 0 aromatic rings. The lowest BCUT2D eigenvalue weighted by molar-refractivity contribution is 0.437. The second-order valence-electron chi connectivity index (χ2n) is 5.22. The molecule has 0 nitrogen and oxygen atoms in total. The van der Waals surface area contributed by atoms with Crippen LogP contribution in [-0.4, -0.2) is 0 Å². The molecular weight excluding hydrogens is 168 g/mol. The molecule has 0 saturated heterocycles. The molecule has 0 heterocycles. The molecule has 84 valence electrons. The Morgan fingerprint density at radius 1 is 0.929 bits per heavy atom. The Morgan fingerprint density at radius 3 is 2.07 bits per heavy atom. The fourth-order valence-electron chi connectivity index (χ4n) is 2.32. The molecule has 0 amide bonds. The highest BCUT2D eigenvalue weighted by Gasteiger charge is 2.26. The molecule has 1 saturated carbocycles. The van der Waals surface area contributed by atoms with Crippen LogP contribution in [0.3, 0.4) is 0 Å².